The maximum atomic E-state index is 12.7. The molecule has 4 aromatic rings. The molecule has 0 aliphatic heterocycles. The molecule has 0 spiro atoms. The standard InChI is InChI=1S/C21H18N4OS/c26-21(23-14-8-9-14)17-11-20(24-18-6-2-1-5-16(17)18)27-13-15-12-25-10-4-3-7-19(25)22-15/h1-7,10-12,14H,8-9,13H2,(H,23,26). The van der Waals surface area contributed by atoms with E-state index in [2.05, 4.69) is 10.3 Å². The predicted molar refractivity (Wildman–Crippen MR) is 107 cm³/mol. The molecule has 1 aliphatic carbocycles. The number of para-hydroxylation sites is 1. The first-order valence-corrected chi connectivity index (χ1v) is 10.0. The Labute approximate surface area is 160 Å². The zero-order valence-corrected chi connectivity index (χ0v) is 15.4. The third-order valence-corrected chi connectivity index (χ3v) is 5.58. The molecule has 1 aliphatic rings. The van der Waals surface area contributed by atoms with Gasteiger partial charge < -0.3 is 9.72 Å². The van der Waals surface area contributed by atoms with E-state index in [1.165, 1.54) is 0 Å². The molecule has 6 heteroatoms. The van der Waals surface area contributed by atoms with Gasteiger partial charge in [-0.1, -0.05) is 36.0 Å². The van der Waals surface area contributed by atoms with Crippen LogP contribution < -0.4 is 5.32 Å². The minimum atomic E-state index is -0.00863. The summed E-state index contributed by atoms with van der Waals surface area (Å²) in [6, 6.07) is 16.0. The van der Waals surface area contributed by atoms with Crippen molar-refractivity contribution in [2.24, 2.45) is 0 Å². The lowest BCUT2D eigenvalue weighted by Gasteiger charge is -2.09. The van der Waals surface area contributed by atoms with E-state index in [0.29, 0.717) is 17.4 Å². The van der Waals surface area contributed by atoms with E-state index in [4.69, 9.17) is 4.98 Å². The number of thioether (sulfide) groups is 1. The molecule has 1 fully saturated rings. The van der Waals surface area contributed by atoms with Crippen molar-refractivity contribution in [3.8, 4) is 0 Å². The van der Waals surface area contributed by atoms with Crippen LogP contribution in [-0.4, -0.2) is 26.3 Å². The molecule has 0 bridgehead atoms. The summed E-state index contributed by atoms with van der Waals surface area (Å²) in [6.07, 6.45) is 6.17. The van der Waals surface area contributed by atoms with E-state index in [0.717, 1.165) is 40.1 Å². The predicted octanol–water partition coefficient (Wildman–Crippen LogP) is 4.07. The molecule has 134 valence electrons. The monoisotopic (exact) mass is 374 g/mol. The second-order valence-corrected chi connectivity index (χ2v) is 7.76. The van der Waals surface area contributed by atoms with Crippen LogP contribution >= 0.6 is 11.8 Å². The van der Waals surface area contributed by atoms with Gasteiger partial charge in [0.15, 0.2) is 0 Å². The molecule has 5 rings (SSSR count). The number of benzene rings is 1. The lowest BCUT2D eigenvalue weighted by Crippen LogP contribution is -2.25. The summed E-state index contributed by atoms with van der Waals surface area (Å²) >= 11 is 1.60. The van der Waals surface area contributed by atoms with Gasteiger partial charge in [0.05, 0.1) is 21.8 Å². The Morgan fingerprint density at radius 3 is 2.85 bits per heavy atom. The Kier molecular flexibility index (Phi) is 4.05. The fraction of sp³-hybridized carbons (Fsp3) is 0.190. The fourth-order valence-electron chi connectivity index (χ4n) is 3.11. The molecule has 5 nitrogen and oxygen atoms in total. The van der Waals surface area contributed by atoms with Gasteiger partial charge >= 0.3 is 0 Å². The highest BCUT2D eigenvalue weighted by Crippen LogP contribution is 2.27. The lowest BCUT2D eigenvalue weighted by molar-refractivity contribution is 0.0952. The molecule has 1 N–H and O–H groups in total. The molecule has 27 heavy (non-hydrogen) atoms. The highest BCUT2D eigenvalue weighted by Gasteiger charge is 2.25. The summed E-state index contributed by atoms with van der Waals surface area (Å²) in [7, 11) is 0. The van der Waals surface area contributed by atoms with Crippen LogP contribution in [0.3, 0.4) is 0 Å². The number of fused-ring (bicyclic) bond motifs is 2. The Hall–Kier alpha value is -2.86. The zero-order valence-electron chi connectivity index (χ0n) is 14.6. The first kappa shape index (κ1) is 16.3. The van der Waals surface area contributed by atoms with Crippen LogP contribution in [0.1, 0.15) is 28.9 Å². The maximum absolute atomic E-state index is 12.7. The van der Waals surface area contributed by atoms with Gasteiger partial charge in [0, 0.05) is 29.6 Å². The number of amides is 1. The first-order valence-electron chi connectivity index (χ1n) is 9.02. The Morgan fingerprint density at radius 2 is 2.00 bits per heavy atom. The van der Waals surface area contributed by atoms with Crippen LogP contribution in [0.2, 0.25) is 0 Å². The molecular formula is C21H18N4OS. The number of hydrogen-bond donors (Lipinski definition) is 1. The van der Waals surface area contributed by atoms with Gasteiger partial charge in [0.25, 0.3) is 5.91 Å². The van der Waals surface area contributed by atoms with Gasteiger partial charge in [0.2, 0.25) is 0 Å². The largest absolute Gasteiger partial charge is 0.349 e. The number of carbonyl (C=O) groups excluding carboxylic acids is 1. The van der Waals surface area contributed by atoms with Crippen LogP contribution in [0, 0.1) is 0 Å². The third kappa shape index (κ3) is 3.40. The van der Waals surface area contributed by atoms with Crippen molar-refractivity contribution in [1.29, 1.82) is 0 Å². The number of hydrogen-bond acceptors (Lipinski definition) is 4. The third-order valence-electron chi connectivity index (χ3n) is 4.63. The van der Waals surface area contributed by atoms with Crippen molar-refractivity contribution in [1.82, 2.24) is 19.7 Å². The Morgan fingerprint density at radius 1 is 1.15 bits per heavy atom. The summed E-state index contributed by atoms with van der Waals surface area (Å²) < 4.78 is 2.01. The summed E-state index contributed by atoms with van der Waals surface area (Å²) in [6.45, 7) is 0. The van der Waals surface area contributed by atoms with E-state index in [1.54, 1.807) is 11.8 Å². The number of rotatable bonds is 5. The fourth-order valence-corrected chi connectivity index (χ4v) is 3.91. The number of nitrogens with zero attached hydrogens (tertiary/aromatic N) is 3. The van der Waals surface area contributed by atoms with Gasteiger partial charge in [0.1, 0.15) is 5.65 Å². The molecular weight excluding hydrogens is 356 g/mol. The quantitative estimate of drug-likeness (QED) is 0.535. The van der Waals surface area contributed by atoms with Gasteiger partial charge in [-0.15, -0.1) is 0 Å². The molecule has 1 amide bonds. The highest BCUT2D eigenvalue weighted by molar-refractivity contribution is 7.98. The molecule has 1 aromatic carbocycles. The molecule has 0 saturated heterocycles. The van der Waals surface area contributed by atoms with E-state index in [1.807, 2.05) is 65.3 Å². The number of pyridine rings is 2. The first-order chi connectivity index (χ1) is 13.3. The van der Waals surface area contributed by atoms with E-state index in [-0.39, 0.29) is 5.91 Å². The molecule has 0 radical (unpaired) electrons. The van der Waals surface area contributed by atoms with Gasteiger partial charge in [-0.2, -0.15) is 0 Å². The van der Waals surface area contributed by atoms with Gasteiger partial charge in [-0.05, 0) is 37.1 Å². The van der Waals surface area contributed by atoms with Crippen molar-refractivity contribution in [3.05, 3.63) is 72.2 Å². The van der Waals surface area contributed by atoms with Crippen LogP contribution in [0.5, 0.6) is 0 Å². The highest BCUT2D eigenvalue weighted by atomic mass is 32.2. The van der Waals surface area contributed by atoms with Crippen LogP contribution in [0.25, 0.3) is 16.6 Å². The number of aromatic nitrogens is 3. The van der Waals surface area contributed by atoms with E-state index in [9.17, 15) is 4.79 Å². The number of nitrogens with one attached hydrogen (secondary N) is 1. The average molecular weight is 374 g/mol. The van der Waals surface area contributed by atoms with Crippen LogP contribution in [0.4, 0.5) is 0 Å². The SMILES string of the molecule is O=C(NC1CC1)c1cc(SCc2cn3ccccc3n2)nc2ccccc12. The van der Waals surface area contributed by atoms with E-state index >= 15 is 0 Å². The topological polar surface area (TPSA) is 59.3 Å². The van der Waals surface area contributed by atoms with Gasteiger partial charge in [-0.25, -0.2) is 9.97 Å². The molecule has 0 unspecified atom stereocenters. The average Bonchev–Trinajstić information content (AvgIpc) is 3.41. The minimum absolute atomic E-state index is 0.00863. The van der Waals surface area contributed by atoms with Crippen molar-refractivity contribution < 1.29 is 4.79 Å². The second-order valence-electron chi connectivity index (χ2n) is 6.76. The number of carbonyl (C=O) groups is 1. The van der Waals surface area contributed by atoms with Crippen LogP contribution in [-0.2, 0) is 5.75 Å². The minimum Gasteiger partial charge on any atom is -0.349 e. The number of imidazole rings is 1. The molecule has 0 atom stereocenters. The van der Waals surface area contributed by atoms with Crippen molar-refractivity contribution in [3.63, 3.8) is 0 Å². The second kappa shape index (κ2) is 6.70. The van der Waals surface area contributed by atoms with Crippen LogP contribution in [0.15, 0.2) is 66.0 Å². The molecule has 3 heterocycles. The van der Waals surface area contributed by atoms with Crippen molar-refractivity contribution >= 4 is 34.2 Å². The molecule has 3 aromatic heterocycles. The summed E-state index contributed by atoms with van der Waals surface area (Å²) in [5, 5.41) is 4.82. The van der Waals surface area contributed by atoms with Crippen molar-refractivity contribution in [2.45, 2.75) is 29.7 Å². The molecule has 1 saturated carbocycles. The Balaban J connectivity index is 1.44. The van der Waals surface area contributed by atoms with Crippen molar-refractivity contribution in [2.75, 3.05) is 0 Å². The summed E-state index contributed by atoms with van der Waals surface area (Å²) in [4.78, 5) is 22.0. The maximum Gasteiger partial charge on any atom is 0.252 e. The lowest BCUT2D eigenvalue weighted by atomic mass is 10.1. The smallest absolute Gasteiger partial charge is 0.252 e. The summed E-state index contributed by atoms with van der Waals surface area (Å²) in [5.41, 5.74) is 3.47. The Bertz CT molecular complexity index is 1120. The van der Waals surface area contributed by atoms with E-state index < -0.39 is 0 Å². The van der Waals surface area contributed by atoms with Gasteiger partial charge in [-0.3, -0.25) is 4.79 Å². The summed E-state index contributed by atoms with van der Waals surface area (Å²) in [5.74, 6) is 0.696. The normalized spacial score (nSPS) is 13.9. The zero-order chi connectivity index (χ0) is 18.2.